The molecule has 1 rings (SSSR count). The third-order valence-electron chi connectivity index (χ3n) is 2.40. The second-order valence-electron chi connectivity index (χ2n) is 3.59. The molecule has 0 spiro atoms. The number of carbonyl (C=O) groups excluding carboxylic acids is 2. The van der Waals surface area contributed by atoms with Gasteiger partial charge in [0.05, 0.1) is 26.4 Å². The van der Waals surface area contributed by atoms with E-state index >= 15 is 0 Å². The summed E-state index contributed by atoms with van der Waals surface area (Å²) in [6.07, 6.45) is 1.58. The number of nitrogens with zero attached hydrogens (tertiary/aromatic N) is 1. The van der Waals surface area contributed by atoms with Gasteiger partial charge in [-0.15, -0.1) is 0 Å². The van der Waals surface area contributed by atoms with Gasteiger partial charge < -0.3 is 18.8 Å². The van der Waals surface area contributed by atoms with Crippen LogP contribution in [0.25, 0.3) is 0 Å². The van der Waals surface area contributed by atoms with Crippen LogP contribution in [-0.4, -0.2) is 50.7 Å². The van der Waals surface area contributed by atoms with Crippen LogP contribution in [0.2, 0.25) is 0 Å². The molecule has 0 bridgehead atoms. The van der Waals surface area contributed by atoms with Gasteiger partial charge in [-0.3, -0.25) is 9.59 Å². The molecule has 0 saturated heterocycles. The van der Waals surface area contributed by atoms with Gasteiger partial charge in [-0.2, -0.15) is 0 Å². The monoisotopic (exact) mass is 255 g/mol. The van der Waals surface area contributed by atoms with E-state index < -0.39 is 0 Å². The van der Waals surface area contributed by atoms with Crippen LogP contribution in [-0.2, 0) is 14.3 Å². The van der Waals surface area contributed by atoms with Crippen LogP contribution in [0.3, 0.4) is 0 Å². The Morgan fingerprint density at radius 3 is 2.67 bits per heavy atom. The molecule has 0 N–H and O–H groups in total. The molecule has 1 aromatic heterocycles. The van der Waals surface area contributed by atoms with Crippen molar-refractivity contribution in [3.05, 3.63) is 24.2 Å². The van der Waals surface area contributed by atoms with Crippen LogP contribution in [0.4, 0.5) is 0 Å². The minimum atomic E-state index is -0.357. The second kappa shape index (κ2) is 7.50. The van der Waals surface area contributed by atoms with E-state index in [2.05, 4.69) is 4.74 Å². The fourth-order valence-electron chi connectivity index (χ4n) is 1.40. The van der Waals surface area contributed by atoms with Crippen molar-refractivity contribution < 1.29 is 23.5 Å². The van der Waals surface area contributed by atoms with Gasteiger partial charge >= 0.3 is 5.97 Å². The predicted octanol–water partition coefficient (Wildman–Crippen LogP) is 0.931. The van der Waals surface area contributed by atoms with Gasteiger partial charge in [0.25, 0.3) is 5.91 Å². The van der Waals surface area contributed by atoms with Crippen LogP contribution in [0, 0.1) is 0 Å². The Labute approximate surface area is 105 Å². The Balaban J connectivity index is 2.59. The maximum atomic E-state index is 12.0. The first kappa shape index (κ1) is 14.2. The molecular formula is C12H17NO5. The molecule has 6 heteroatoms. The molecular weight excluding hydrogens is 238 g/mol. The van der Waals surface area contributed by atoms with Gasteiger partial charge in [0.15, 0.2) is 5.76 Å². The molecule has 0 unspecified atom stereocenters. The van der Waals surface area contributed by atoms with Crippen LogP contribution in [0.1, 0.15) is 17.0 Å². The number of amides is 1. The summed E-state index contributed by atoms with van der Waals surface area (Å²) in [6, 6.07) is 3.22. The summed E-state index contributed by atoms with van der Waals surface area (Å²) < 4.78 is 14.5. The fraction of sp³-hybridized carbons (Fsp3) is 0.500. The Hall–Kier alpha value is -1.82. The van der Waals surface area contributed by atoms with Crippen LogP contribution >= 0.6 is 0 Å². The van der Waals surface area contributed by atoms with E-state index in [1.807, 2.05) is 0 Å². The summed E-state index contributed by atoms with van der Waals surface area (Å²) in [4.78, 5) is 24.6. The maximum absolute atomic E-state index is 12.0. The molecule has 0 aliphatic rings. The molecule has 0 saturated carbocycles. The zero-order chi connectivity index (χ0) is 13.4. The van der Waals surface area contributed by atoms with Crippen molar-refractivity contribution in [2.75, 3.05) is 33.9 Å². The fourth-order valence-corrected chi connectivity index (χ4v) is 1.40. The number of methoxy groups -OCH3 is 2. The van der Waals surface area contributed by atoms with E-state index in [1.54, 1.807) is 19.2 Å². The van der Waals surface area contributed by atoms with Crippen LogP contribution in [0.5, 0.6) is 0 Å². The molecule has 18 heavy (non-hydrogen) atoms. The van der Waals surface area contributed by atoms with Crippen molar-refractivity contribution in [3.8, 4) is 0 Å². The summed E-state index contributed by atoms with van der Waals surface area (Å²) in [5.74, 6) is -0.374. The summed E-state index contributed by atoms with van der Waals surface area (Å²) >= 11 is 0. The lowest BCUT2D eigenvalue weighted by Gasteiger charge is -2.20. The number of hydrogen-bond donors (Lipinski definition) is 0. The smallest absolute Gasteiger partial charge is 0.307 e. The first-order valence-electron chi connectivity index (χ1n) is 5.57. The Bertz CT molecular complexity index is 374. The van der Waals surface area contributed by atoms with E-state index in [9.17, 15) is 9.59 Å². The number of hydrogen-bond acceptors (Lipinski definition) is 5. The zero-order valence-electron chi connectivity index (χ0n) is 10.5. The number of carbonyl (C=O) groups is 2. The van der Waals surface area contributed by atoms with Gasteiger partial charge in [-0.25, -0.2) is 0 Å². The average molecular weight is 255 g/mol. The Morgan fingerprint density at radius 1 is 1.33 bits per heavy atom. The van der Waals surface area contributed by atoms with Gasteiger partial charge in [0.2, 0.25) is 0 Å². The van der Waals surface area contributed by atoms with Crippen molar-refractivity contribution in [2.24, 2.45) is 0 Å². The summed E-state index contributed by atoms with van der Waals surface area (Å²) in [7, 11) is 2.87. The molecule has 0 aliphatic carbocycles. The molecule has 1 aromatic rings. The third-order valence-corrected chi connectivity index (χ3v) is 2.40. The molecule has 6 nitrogen and oxygen atoms in total. The van der Waals surface area contributed by atoms with Crippen molar-refractivity contribution in [3.63, 3.8) is 0 Å². The highest BCUT2D eigenvalue weighted by Crippen LogP contribution is 2.06. The quantitative estimate of drug-likeness (QED) is 0.678. The standard InChI is InChI=1S/C12H17NO5/c1-16-9-7-13(6-5-11(14)17-2)12(15)10-4-3-8-18-10/h3-4,8H,5-7,9H2,1-2H3. The molecule has 0 fully saturated rings. The van der Waals surface area contributed by atoms with Gasteiger partial charge in [-0.05, 0) is 12.1 Å². The van der Waals surface area contributed by atoms with Crippen molar-refractivity contribution in [1.29, 1.82) is 0 Å². The minimum absolute atomic E-state index is 0.145. The normalized spacial score (nSPS) is 10.1. The lowest BCUT2D eigenvalue weighted by Crippen LogP contribution is -2.35. The molecule has 0 atom stereocenters. The van der Waals surface area contributed by atoms with Crippen LogP contribution in [0.15, 0.2) is 22.8 Å². The van der Waals surface area contributed by atoms with E-state index in [0.717, 1.165) is 0 Å². The highest BCUT2D eigenvalue weighted by atomic mass is 16.5. The van der Waals surface area contributed by atoms with Crippen molar-refractivity contribution in [2.45, 2.75) is 6.42 Å². The molecule has 1 heterocycles. The second-order valence-corrected chi connectivity index (χ2v) is 3.59. The predicted molar refractivity (Wildman–Crippen MR) is 63.1 cm³/mol. The molecule has 0 aromatic carbocycles. The lowest BCUT2D eigenvalue weighted by molar-refractivity contribution is -0.140. The van der Waals surface area contributed by atoms with E-state index in [1.165, 1.54) is 18.3 Å². The summed E-state index contributed by atoms with van der Waals surface area (Å²) in [6.45, 7) is 1.07. The van der Waals surface area contributed by atoms with Crippen molar-refractivity contribution >= 4 is 11.9 Å². The Morgan fingerprint density at radius 2 is 2.11 bits per heavy atom. The highest BCUT2D eigenvalue weighted by molar-refractivity contribution is 5.91. The number of ether oxygens (including phenoxy) is 2. The average Bonchev–Trinajstić information content (AvgIpc) is 2.91. The third kappa shape index (κ3) is 4.21. The Kier molecular flexibility index (Phi) is 5.93. The van der Waals surface area contributed by atoms with Crippen molar-refractivity contribution in [1.82, 2.24) is 4.90 Å². The molecule has 0 radical (unpaired) electrons. The summed E-state index contributed by atoms with van der Waals surface area (Å²) in [5.41, 5.74) is 0. The van der Waals surface area contributed by atoms with Gasteiger partial charge in [-0.1, -0.05) is 0 Å². The topological polar surface area (TPSA) is 69.0 Å². The molecule has 0 aliphatic heterocycles. The number of furan rings is 1. The van der Waals surface area contributed by atoms with Gasteiger partial charge in [0.1, 0.15) is 0 Å². The number of rotatable bonds is 7. The minimum Gasteiger partial charge on any atom is -0.469 e. The summed E-state index contributed by atoms with van der Waals surface area (Å²) in [5, 5.41) is 0. The van der Waals surface area contributed by atoms with E-state index in [0.29, 0.717) is 13.2 Å². The number of esters is 1. The van der Waals surface area contributed by atoms with E-state index in [4.69, 9.17) is 9.15 Å². The SMILES string of the molecule is COCCN(CCC(=O)OC)C(=O)c1ccco1. The molecule has 1 amide bonds. The first-order valence-corrected chi connectivity index (χ1v) is 5.57. The largest absolute Gasteiger partial charge is 0.469 e. The van der Waals surface area contributed by atoms with Gasteiger partial charge in [0, 0.05) is 20.2 Å². The molecule has 100 valence electrons. The zero-order valence-corrected chi connectivity index (χ0v) is 10.5. The lowest BCUT2D eigenvalue weighted by atomic mass is 10.3. The highest BCUT2D eigenvalue weighted by Gasteiger charge is 2.18. The van der Waals surface area contributed by atoms with E-state index in [-0.39, 0.29) is 30.6 Å². The maximum Gasteiger partial charge on any atom is 0.307 e. The van der Waals surface area contributed by atoms with Crippen LogP contribution < -0.4 is 0 Å². The first-order chi connectivity index (χ1) is 8.69.